The zero-order valence-corrected chi connectivity index (χ0v) is 13.0. The van der Waals surface area contributed by atoms with Gasteiger partial charge in [-0.15, -0.1) is 0 Å². The topological polar surface area (TPSA) is 107 Å². The summed E-state index contributed by atoms with van der Waals surface area (Å²) in [5, 5.41) is 8.74. The first-order valence-corrected chi connectivity index (χ1v) is 7.36. The summed E-state index contributed by atoms with van der Waals surface area (Å²) >= 11 is 0. The third-order valence-corrected chi connectivity index (χ3v) is 2.41. The van der Waals surface area contributed by atoms with Crippen LogP contribution in [0.5, 0.6) is 0 Å². The Morgan fingerprint density at radius 1 is 0.905 bits per heavy atom. The van der Waals surface area contributed by atoms with Gasteiger partial charge in [0.1, 0.15) is 0 Å². The standard InChI is InChI=1S/C13H30N4O4/c1-15-3-4-17-13(18)12-16-5-7-20-9-11-21-10-8-19-6-2-14/h15-16H,2-12,14H2,1H3,(H,17,18). The molecule has 8 heteroatoms. The molecule has 0 aromatic carbocycles. The highest BCUT2D eigenvalue weighted by Crippen LogP contribution is 1.80. The van der Waals surface area contributed by atoms with Crippen molar-refractivity contribution in [3.63, 3.8) is 0 Å². The number of carbonyl (C=O) groups is 1. The summed E-state index contributed by atoms with van der Waals surface area (Å²) in [6.07, 6.45) is 0. The molecule has 0 aliphatic carbocycles. The average molecular weight is 306 g/mol. The normalized spacial score (nSPS) is 10.8. The molecule has 0 saturated carbocycles. The van der Waals surface area contributed by atoms with Crippen LogP contribution in [0.15, 0.2) is 0 Å². The highest BCUT2D eigenvalue weighted by atomic mass is 16.5. The van der Waals surface area contributed by atoms with E-state index in [0.29, 0.717) is 65.8 Å². The van der Waals surface area contributed by atoms with Crippen LogP contribution < -0.4 is 21.7 Å². The first kappa shape index (κ1) is 20.2. The lowest BCUT2D eigenvalue weighted by Gasteiger charge is -2.08. The summed E-state index contributed by atoms with van der Waals surface area (Å²) in [6, 6.07) is 0. The smallest absolute Gasteiger partial charge is 0.234 e. The summed E-state index contributed by atoms with van der Waals surface area (Å²) in [5.41, 5.74) is 5.28. The third kappa shape index (κ3) is 17.2. The van der Waals surface area contributed by atoms with Gasteiger partial charge in [0.15, 0.2) is 0 Å². The minimum atomic E-state index is -0.00828. The molecule has 21 heavy (non-hydrogen) atoms. The van der Waals surface area contributed by atoms with E-state index in [-0.39, 0.29) is 5.91 Å². The SMILES string of the molecule is CNCCNC(=O)CNCCOCCOCCOCCN. The number of hydrogen-bond donors (Lipinski definition) is 4. The van der Waals surface area contributed by atoms with E-state index < -0.39 is 0 Å². The second-order valence-electron chi connectivity index (χ2n) is 4.26. The average Bonchev–Trinajstić information content (AvgIpc) is 2.48. The molecule has 0 radical (unpaired) electrons. The van der Waals surface area contributed by atoms with E-state index in [0.717, 1.165) is 6.54 Å². The summed E-state index contributed by atoms with van der Waals surface area (Å²) in [7, 11) is 1.85. The van der Waals surface area contributed by atoms with Gasteiger partial charge in [0.2, 0.25) is 5.91 Å². The highest BCUT2D eigenvalue weighted by Gasteiger charge is 1.98. The van der Waals surface area contributed by atoms with Gasteiger partial charge in [-0.1, -0.05) is 0 Å². The molecule has 0 heterocycles. The number of nitrogens with one attached hydrogen (secondary N) is 3. The van der Waals surface area contributed by atoms with E-state index in [1.165, 1.54) is 0 Å². The fourth-order valence-corrected chi connectivity index (χ4v) is 1.36. The van der Waals surface area contributed by atoms with Gasteiger partial charge in [-0.05, 0) is 7.05 Å². The molecule has 0 aromatic heterocycles. The van der Waals surface area contributed by atoms with Gasteiger partial charge in [0.25, 0.3) is 0 Å². The molecule has 0 rings (SSSR count). The number of ether oxygens (including phenoxy) is 3. The molecule has 126 valence electrons. The van der Waals surface area contributed by atoms with E-state index in [4.69, 9.17) is 19.9 Å². The number of amides is 1. The van der Waals surface area contributed by atoms with Gasteiger partial charge in [0, 0.05) is 26.2 Å². The Labute approximate surface area is 127 Å². The number of carbonyl (C=O) groups excluding carboxylic acids is 1. The zero-order valence-electron chi connectivity index (χ0n) is 13.0. The predicted molar refractivity (Wildman–Crippen MR) is 81.3 cm³/mol. The lowest BCUT2D eigenvalue weighted by atomic mass is 10.5. The van der Waals surface area contributed by atoms with Crippen molar-refractivity contribution >= 4 is 5.91 Å². The molecular formula is C13H30N4O4. The van der Waals surface area contributed by atoms with Crippen LogP contribution in [0.4, 0.5) is 0 Å². The maximum atomic E-state index is 11.3. The van der Waals surface area contributed by atoms with Crippen LogP contribution in [0, 0.1) is 0 Å². The molecule has 0 aliphatic rings. The lowest BCUT2D eigenvalue weighted by Crippen LogP contribution is -2.38. The maximum Gasteiger partial charge on any atom is 0.234 e. The largest absolute Gasteiger partial charge is 0.378 e. The number of hydrogen-bond acceptors (Lipinski definition) is 7. The minimum absolute atomic E-state index is 0.00828. The van der Waals surface area contributed by atoms with Crippen molar-refractivity contribution in [3.8, 4) is 0 Å². The van der Waals surface area contributed by atoms with E-state index in [9.17, 15) is 4.79 Å². The first-order chi connectivity index (χ1) is 10.3. The minimum Gasteiger partial charge on any atom is -0.378 e. The van der Waals surface area contributed by atoms with Crippen LogP contribution in [0.25, 0.3) is 0 Å². The highest BCUT2D eigenvalue weighted by molar-refractivity contribution is 5.77. The summed E-state index contributed by atoms with van der Waals surface area (Å²) in [6.45, 7) is 6.18. The predicted octanol–water partition coefficient (Wildman–Crippen LogP) is -2.08. The summed E-state index contributed by atoms with van der Waals surface area (Å²) in [4.78, 5) is 11.3. The monoisotopic (exact) mass is 306 g/mol. The number of likely N-dealkylation sites (N-methyl/N-ethyl adjacent to an activating group) is 1. The van der Waals surface area contributed by atoms with Crippen LogP contribution in [0.1, 0.15) is 0 Å². The van der Waals surface area contributed by atoms with Crippen LogP contribution >= 0.6 is 0 Å². The Balaban J connectivity index is 3.06. The Hall–Kier alpha value is -0.770. The summed E-state index contributed by atoms with van der Waals surface area (Å²) in [5.74, 6) is -0.00828. The Morgan fingerprint density at radius 3 is 2.14 bits per heavy atom. The van der Waals surface area contributed by atoms with E-state index in [1.54, 1.807) is 0 Å². The van der Waals surface area contributed by atoms with Crippen molar-refractivity contribution in [2.24, 2.45) is 5.73 Å². The maximum absolute atomic E-state index is 11.3. The van der Waals surface area contributed by atoms with Gasteiger partial charge in [-0.3, -0.25) is 4.79 Å². The van der Waals surface area contributed by atoms with Gasteiger partial charge in [-0.2, -0.15) is 0 Å². The molecule has 5 N–H and O–H groups in total. The van der Waals surface area contributed by atoms with Crippen molar-refractivity contribution in [1.82, 2.24) is 16.0 Å². The fourth-order valence-electron chi connectivity index (χ4n) is 1.36. The van der Waals surface area contributed by atoms with Crippen molar-refractivity contribution in [2.75, 3.05) is 79.4 Å². The van der Waals surface area contributed by atoms with Crippen LogP contribution in [0.2, 0.25) is 0 Å². The number of nitrogens with two attached hydrogens (primary N) is 1. The first-order valence-electron chi connectivity index (χ1n) is 7.36. The lowest BCUT2D eigenvalue weighted by molar-refractivity contribution is -0.120. The molecule has 0 aromatic rings. The molecule has 1 amide bonds. The zero-order chi connectivity index (χ0) is 15.6. The van der Waals surface area contributed by atoms with Gasteiger partial charge in [-0.25, -0.2) is 0 Å². The molecule has 0 fully saturated rings. The molecule has 0 saturated heterocycles. The molecular weight excluding hydrogens is 276 g/mol. The second-order valence-corrected chi connectivity index (χ2v) is 4.26. The summed E-state index contributed by atoms with van der Waals surface area (Å²) < 4.78 is 15.8. The second kappa shape index (κ2) is 17.3. The quantitative estimate of drug-likeness (QED) is 0.242. The van der Waals surface area contributed by atoms with E-state index in [1.807, 2.05) is 7.05 Å². The Bertz CT molecular complexity index is 232. The van der Waals surface area contributed by atoms with E-state index in [2.05, 4.69) is 16.0 Å². The Morgan fingerprint density at radius 2 is 1.52 bits per heavy atom. The van der Waals surface area contributed by atoms with Crippen LogP contribution in [-0.4, -0.2) is 85.3 Å². The number of rotatable bonds is 16. The van der Waals surface area contributed by atoms with Gasteiger partial charge in [0.05, 0.1) is 46.2 Å². The van der Waals surface area contributed by atoms with Crippen LogP contribution in [-0.2, 0) is 19.0 Å². The fraction of sp³-hybridized carbons (Fsp3) is 0.923. The van der Waals surface area contributed by atoms with Crippen molar-refractivity contribution in [3.05, 3.63) is 0 Å². The molecule has 0 aliphatic heterocycles. The van der Waals surface area contributed by atoms with Crippen molar-refractivity contribution in [1.29, 1.82) is 0 Å². The van der Waals surface area contributed by atoms with Gasteiger partial charge >= 0.3 is 0 Å². The van der Waals surface area contributed by atoms with Gasteiger partial charge < -0.3 is 35.9 Å². The Kier molecular flexibility index (Phi) is 16.6. The molecule has 0 spiro atoms. The molecule has 0 unspecified atom stereocenters. The van der Waals surface area contributed by atoms with E-state index >= 15 is 0 Å². The van der Waals surface area contributed by atoms with Crippen molar-refractivity contribution in [2.45, 2.75) is 0 Å². The van der Waals surface area contributed by atoms with Crippen molar-refractivity contribution < 1.29 is 19.0 Å². The molecule has 0 bridgehead atoms. The third-order valence-electron chi connectivity index (χ3n) is 2.41. The van der Waals surface area contributed by atoms with Crippen LogP contribution in [0.3, 0.4) is 0 Å². The molecule has 8 nitrogen and oxygen atoms in total. The molecule has 0 atom stereocenters.